The molecule has 0 aromatic heterocycles. The molecular formula is C23H36N4O4. The van der Waals surface area contributed by atoms with Crippen LogP contribution in [0.25, 0.3) is 0 Å². The molecule has 1 saturated carbocycles. The van der Waals surface area contributed by atoms with Crippen LogP contribution >= 0.6 is 0 Å². The van der Waals surface area contributed by atoms with E-state index in [1.165, 1.54) is 44.9 Å². The standard InChI is InChI=1S/C23H36N4O4/c1-2-21-27(17-8-6-4-3-5-7-9-17)22(26-31-21)16-10-11-18-19(15-30-20(18)14-16)25-23(29)24-12-13-28/h10-11,14,17,19,21-22,26,28H,2-9,12-13,15H2,1H3,(H2,24,25,29)/t19-,21?,22?/m1/s1. The van der Waals surface area contributed by atoms with Crippen LogP contribution in [0.1, 0.15) is 81.6 Å². The van der Waals surface area contributed by atoms with Gasteiger partial charge in [-0.25, -0.2) is 4.79 Å². The third-order valence-electron chi connectivity index (χ3n) is 6.63. The van der Waals surface area contributed by atoms with Crippen molar-refractivity contribution in [2.45, 2.75) is 82.8 Å². The van der Waals surface area contributed by atoms with Gasteiger partial charge in [-0.15, -0.1) is 0 Å². The number of hydroxylamine groups is 1. The molecule has 0 bridgehead atoms. The van der Waals surface area contributed by atoms with Crippen molar-refractivity contribution < 1.29 is 19.5 Å². The van der Waals surface area contributed by atoms with Crippen LogP contribution < -0.4 is 20.9 Å². The Morgan fingerprint density at radius 3 is 2.74 bits per heavy atom. The molecule has 3 aliphatic rings. The van der Waals surface area contributed by atoms with E-state index >= 15 is 0 Å². The highest BCUT2D eigenvalue weighted by Gasteiger charge is 2.39. The number of benzene rings is 1. The SMILES string of the molecule is CCC1ONC(c2ccc3c(c2)OC[C@H]3NC(=O)NCCO)N1C1CCCCCCC1. The molecule has 2 heterocycles. The first-order valence-electron chi connectivity index (χ1n) is 11.8. The number of urea groups is 1. The second-order valence-electron chi connectivity index (χ2n) is 8.73. The Bertz CT molecular complexity index is 738. The van der Waals surface area contributed by atoms with Gasteiger partial charge in [0, 0.05) is 18.2 Å². The Hall–Kier alpha value is -1.87. The summed E-state index contributed by atoms with van der Waals surface area (Å²) in [5.74, 6) is 0.810. The number of nitrogens with zero attached hydrogens (tertiary/aromatic N) is 1. The lowest BCUT2D eigenvalue weighted by Crippen LogP contribution is -2.42. The first kappa shape index (κ1) is 22.3. The van der Waals surface area contributed by atoms with Crippen molar-refractivity contribution >= 4 is 6.03 Å². The van der Waals surface area contributed by atoms with Crippen LogP contribution in [0.3, 0.4) is 0 Å². The minimum Gasteiger partial charge on any atom is -0.491 e. The number of rotatable bonds is 6. The molecule has 2 aliphatic heterocycles. The number of nitrogens with one attached hydrogen (secondary N) is 3. The number of amides is 2. The fourth-order valence-electron chi connectivity index (χ4n) is 5.04. The van der Waals surface area contributed by atoms with Gasteiger partial charge in [0.2, 0.25) is 0 Å². The van der Waals surface area contributed by atoms with E-state index in [1.807, 2.05) is 6.07 Å². The van der Waals surface area contributed by atoms with Gasteiger partial charge in [0.05, 0.1) is 12.6 Å². The summed E-state index contributed by atoms with van der Waals surface area (Å²) in [6.45, 7) is 2.73. The second kappa shape index (κ2) is 10.6. The van der Waals surface area contributed by atoms with Gasteiger partial charge >= 0.3 is 6.03 Å². The van der Waals surface area contributed by atoms with E-state index in [1.54, 1.807) is 0 Å². The molecule has 1 aromatic carbocycles. The fraction of sp³-hybridized carbons (Fsp3) is 0.696. The van der Waals surface area contributed by atoms with E-state index in [4.69, 9.17) is 14.7 Å². The van der Waals surface area contributed by atoms with Gasteiger partial charge in [-0.05, 0) is 30.9 Å². The Balaban J connectivity index is 1.49. The number of hydrogen-bond acceptors (Lipinski definition) is 6. The summed E-state index contributed by atoms with van der Waals surface area (Å²) in [6, 6.07) is 6.27. The summed E-state index contributed by atoms with van der Waals surface area (Å²) in [4.78, 5) is 20.5. The summed E-state index contributed by atoms with van der Waals surface area (Å²) in [5.41, 5.74) is 5.39. The molecule has 3 atom stereocenters. The van der Waals surface area contributed by atoms with Gasteiger partial charge in [-0.1, -0.05) is 51.2 Å². The topological polar surface area (TPSA) is 95.1 Å². The highest BCUT2D eigenvalue weighted by atomic mass is 16.7. The molecule has 4 rings (SSSR count). The maximum absolute atomic E-state index is 12.0. The van der Waals surface area contributed by atoms with Crippen molar-refractivity contribution in [1.82, 2.24) is 21.0 Å². The van der Waals surface area contributed by atoms with E-state index in [2.05, 4.69) is 40.1 Å². The zero-order chi connectivity index (χ0) is 21.6. The Morgan fingerprint density at radius 2 is 2.00 bits per heavy atom. The molecule has 1 saturated heterocycles. The van der Waals surface area contributed by atoms with Crippen LogP contribution in [0.2, 0.25) is 0 Å². The zero-order valence-electron chi connectivity index (χ0n) is 18.4. The van der Waals surface area contributed by atoms with Crippen LogP contribution in [0.15, 0.2) is 18.2 Å². The molecule has 0 spiro atoms. The lowest BCUT2D eigenvalue weighted by atomic mass is 9.94. The normalized spacial score (nSPS) is 27.2. The van der Waals surface area contributed by atoms with E-state index < -0.39 is 0 Å². The average Bonchev–Trinajstić information content (AvgIpc) is 3.36. The highest BCUT2D eigenvalue weighted by molar-refractivity contribution is 5.74. The molecule has 2 amide bonds. The van der Waals surface area contributed by atoms with E-state index in [0.29, 0.717) is 12.6 Å². The predicted octanol–water partition coefficient (Wildman–Crippen LogP) is 3.10. The summed E-state index contributed by atoms with van der Waals surface area (Å²) >= 11 is 0. The molecule has 31 heavy (non-hydrogen) atoms. The molecular weight excluding hydrogens is 396 g/mol. The first-order valence-corrected chi connectivity index (χ1v) is 11.8. The molecule has 172 valence electrons. The Kier molecular flexibility index (Phi) is 7.66. The molecule has 1 aromatic rings. The van der Waals surface area contributed by atoms with E-state index in [0.717, 1.165) is 23.3 Å². The van der Waals surface area contributed by atoms with Gasteiger partial charge in [-0.3, -0.25) is 9.74 Å². The van der Waals surface area contributed by atoms with Crippen LogP contribution in [-0.2, 0) is 4.84 Å². The molecule has 8 nitrogen and oxygen atoms in total. The van der Waals surface area contributed by atoms with Crippen molar-refractivity contribution in [3.63, 3.8) is 0 Å². The smallest absolute Gasteiger partial charge is 0.315 e. The van der Waals surface area contributed by atoms with Crippen LogP contribution in [0.4, 0.5) is 4.79 Å². The number of fused-ring (bicyclic) bond motifs is 1. The van der Waals surface area contributed by atoms with Crippen molar-refractivity contribution in [3.05, 3.63) is 29.3 Å². The van der Waals surface area contributed by atoms with Gasteiger partial charge in [-0.2, -0.15) is 5.48 Å². The summed E-state index contributed by atoms with van der Waals surface area (Å²) in [7, 11) is 0. The third-order valence-corrected chi connectivity index (χ3v) is 6.63. The van der Waals surface area contributed by atoms with Crippen molar-refractivity contribution in [2.75, 3.05) is 19.8 Å². The number of ether oxygens (including phenoxy) is 1. The average molecular weight is 433 g/mol. The number of carbonyl (C=O) groups excluding carboxylic acids is 1. The van der Waals surface area contributed by atoms with E-state index in [9.17, 15) is 4.79 Å². The molecule has 2 fully saturated rings. The highest BCUT2D eigenvalue weighted by Crippen LogP contribution is 2.39. The van der Waals surface area contributed by atoms with Crippen molar-refractivity contribution in [2.24, 2.45) is 0 Å². The third kappa shape index (κ3) is 5.14. The lowest BCUT2D eigenvalue weighted by molar-refractivity contribution is -0.0278. The van der Waals surface area contributed by atoms with Crippen molar-refractivity contribution in [3.8, 4) is 5.75 Å². The molecule has 2 unspecified atom stereocenters. The lowest BCUT2D eigenvalue weighted by Gasteiger charge is -2.35. The van der Waals surface area contributed by atoms with Gasteiger partial charge in [0.25, 0.3) is 0 Å². The largest absolute Gasteiger partial charge is 0.491 e. The van der Waals surface area contributed by atoms with Crippen LogP contribution in [0.5, 0.6) is 5.75 Å². The summed E-state index contributed by atoms with van der Waals surface area (Å²) < 4.78 is 5.91. The first-order chi connectivity index (χ1) is 15.2. The predicted molar refractivity (Wildman–Crippen MR) is 117 cm³/mol. The Labute approximate surface area is 184 Å². The molecule has 0 radical (unpaired) electrons. The van der Waals surface area contributed by atoms with Crippen molar-refractivity contribution in [1.29, 1.82) is 0 Å². The molecule has 1 aliphatic carbocycles. The second-order valence-corrected chi connectivity index (χ2v) is 8.73. The van der Waals surface area contributed by atoms with Gasteiger partial charge < -0.3 is 20.5 Å². The quantitative estimate of drug-likeness (QED) is 0.552. The minimum atomic E-state index is -0.299. The fourth-order valence-corrected chi connectivity index (χ4v) is 5.04. The molecule has 8 heteroatoms. The Morgan fingerprint density at radius 1 is 1.23 bits per heavy atom. The van der Waals surface area contributed by atoms with Crippen LogP contribution in [-0.4, -0.2) is 48.1 Å². The van der Waals surface area contributed by atoms with E-state index in [-0.39, 0.29) is 37.6 Å². The van der Waals surface area contributed by atoms with Gasteiger partial charge in [0.1, 0.15) is 24.8 Å². The minimum absolute atomic E-state index is 0.00291. The molecule has 4 N–H and O–H groups in total. The summed E-state index contributed by atoms with van der Waals surface area (Å²) in [5, 5.41) is 14.4. The number of hydrogen-bond donors (Lipinski definition) is 4. The maximum Gasteiger partial charge on any atom is 0.315 e. The maximum atomic E-state index is 12.0. The number of aliphatic hydroxyl groups excluding tert-OH is 1. The number of aliphatic hydroxyl groups is 1. The van der Waals surface area contributed by atoms with Crippen LogP contribution in [0, 0.1) is 0 Å². The monoisotopic (exact) mass is 432 g/mol. The van der Waals surface area contributed by atoms with Gasteiger partial charge in [0.15, 0.2) is 0 Å². The zero-order valence-corrected chi connectivity index (χ0v) is 18.4. The number of carbonyl (C=O) groups is 1. The summed E-state index contributed by atoms with van der Waals surface area (Å²) in [6.07, 6.45) is 10.0.